The van der Waals surface area contributed by atoms with Crippen molar-refractivity contribution in [2.24, 2.45) is 0 Å². The van der Waals surface area contributed by atoms with Crippen LogP contribution in [-0.4, -0.2) is 0 Å². The Morgan fingerprint density at radius 1 is 0.226 bits per heavy atom. The lowest BCUT2D eigenvalue weighted by Crippen LogP contribution is -2.10. The van der Waals surface area contributed by atoms with Crippen LogP contribution in [0.15, 0.2) is 146 Å². The van der Waals surface area contributed by atoms with Crippen LogP contribution in [0, 0.1) is 0 Å². The predicted molar refractivity (Wildman–Crippen MR) is 273 cm³/mol. The predicted octanol–water partition coefficient (Wildman–Crippen LogP) is 18.8. The summed E-state index contributed by atoms with van der Waals surface area (Å²) in [7, 11) is 0. The molecule has 0 aromatic heterocycles. The monoisotopic (exact) mass is 825 g/mol. The topological polar surface area (TPSA) is 6.48 Å². The Balaban J connectivity index is 1.23. The zero-order chi connectivity index (χ0) is 43.2. The molecular weight excluding hydrogens is 749 g/mol. The summed E-state index contributed by atoms with van der Waals surface area (Å²) < 4.78 is 0. The molecule has 0 spiro atoms. The summed E-state index contributed by atoms with van der Waals surface area (Å²) in [5.41, 5.74) is 15.3. The number of rotatable bonds is 27. The van der Waals surface area contributed by atoms with Crippen molar-refractivity contribution >= 4 is 34.1 Å². The maximum Gasteiger partial charge on any atom is 0.0462 e. The molecule has 0 radical (unpaired) electrons. The van der Waals surface area contributed by atoms with E-state index in [0.29, 0.717) is 0 Å². The quantitative estimate of drug-likeness (QED) is 0.0478. The molecule has 0 saturated carbocycles. The van der Waals surface area contributed by atoms with Crippen LogP contribution < -0.4 is 9.80 Å². The van der Waals surface area contributed by atoms with Gasteiger partial charge in [0, 0.05) is 34.1 Å². The fourth-order valence-electron chi connectivity index (χ4n) is 8.77. The summed E-state index contributed by atoms with van der Waals surface area (Å²) in [5.74, 6) is 0. The van der Waals surface area contributed by atoms with Gasteiger partial charge in [0.05, 0.1) is 0 Å². The average Bonchev–Trinajstić information content (AvgIpc) is 3.32. The van der Waals surface area contributed by atoms with Crippen molar-refractivity contribution in [2.45, 2.75) is 156 Å². The first-order valence-electron chi connectivity index (χ1n) is 24.8. The summed E-state index contributed by atoms with van der Waals surface area (Å²) in [5, 5.41) is 0. The Kier molecular flexibility index (Phi) is 19.3. The Morgan fingerprint density at radius 2 is 0.419 bits per heavy atom. The van der Waals surface area contributed by atoms with Gasteiger partial charge in [0.2, 0.25) is 0 Å². The van der Waals surface area contributed by atoms with Gasteiger partial charge in [0.15, 0.2) is 0 Å². The second-order valence-corrected chi connectivity index (χ2v) is 17.7. The van der Waals surface area contributed by atoms with Gasteiger partial charge in [-0.15, -0.1) is 0 Å². The fraction of sp³-hybridized carbons (Fsp3) is 0.400. The molecule has 0 saturated heterocycles. The molecule has 326 valence electrons. The second-order valence-electron chi connectivity index (χ2n) is 17.7. The van der Waals surface area contributed by atoms with Crippen LogP contribution in [0.1, 0.15) is 153 Å². The molecule has 2 heteroatoms. The van der Waals surface area contributed by atoms with E-state index in [0.717, 1.165) is 25.7 Å². The summed E-state index contributed by atoms with van der Waals surface area (Å²) in [6, 6.07) is 55.5. The van der Waals surface area contributed by atoms with Gasteiger partial charge in [-0.2, -0.15) is 0 Å². The van der Waals surface area contributed by atoms with Gasteiger partial charge in [0.1, 0.15) is 0 Å². The number of aryl methyl sites for hydroxylation is 4. The molecule has 0 bridgehead atoms. The molecule has 0 heterocycles. The highest BCUT2D eigenvalue weighted by Crippen LogP contribution is 2.39. The van der Waals surface area contributed by atoms with E-state index in [9.17, 15) is 0 Å². The van der Waals surface area contributed by atoms with E-state index in [4.69, 9.17) is 0 Å². The van der Waals surface area contributed by atoms with Crippen LogP contribution in [0.4, 0.5) is 34.1 Å². The number of hydrogen-bond acceptors (Lipinski definition) is 2. The van der Waals surface area contributed by atoms with Crippen LogP contribution in [0.5, 0.6) is 0 Å². The van der Waals surface area contributed by atoms with Crippen molar-refractivity contribution in [3.8, 4) is 11.1 Å². The Bertz CT molecular complexity index is 1830. The highest BCUT2D eigenvalue weighted by molar-refractivity contribution is 5.81. The number of anilines is 6. The molecule has 0 aliphatic rings. The minimum atomic E-state index is 1.15. The van der Waals surface area contributed by atoms with Crippen molar-refractivity contribution in [1.29, 1.82) is 0 Å². The van der Waals surface area contributed by atoms with E-state index in [2.05, 4.69) is 183 Å². The van der Waals surface area contributed by atoms with Crippen molar-refractivity contribution in [3.63, 3.8) is 0 Å². The van der Waals surface area contributed by atoms with E-state index in [-0.39, 0.29) is 0 Å². The lowest BCUT2D eigenvalue weighted by atomic mass is 10.0. The van der Waals surface area contributed by atoms with Crippen LogP contribution in [0.3, 0.4) is 0 Å². The molecule has 6 rings (SSSR count). The van der Waals surface area contributed by atoms with E-state index in [1.165, 1.54) is 170 Å². The van der Waals surface area contributed by atoms with E-state index >= 15 is 0 Å². The Labute approximate surface area is 377 Å². The first kappa shape index (κ1) is 46.4. The average molecular weight is 825 g/mol. The summed E-state index contributed by atoms with van der Waals surface area (Å²) in [4.78, 5) is 4.83. The highest BCUT2D eigenvalue weighted by Gasteiger charge is 2.16. The summed E-state index contributed by atoms with van der Waals surface area (Å²) >= 11 is 0. The van der Waals surface area contributed by atoms with Crippen LogP contribution in [-0.2, 0) is 25.7 Å². The number of hydrogen-bond donors (Lipinski definition) is 0. The van der Waals surface area contributed by atoms with E-state index in [1.54, 1.807) is 0 Å². The Morgan fingerprint density at radius 3 is 0.613 bits per heavy atom. The normalized spacial score (nSPS) is 11.2. The summed E-state index contributed by atoms with van der Waals surface area (Å²) in [6.45, 7) is 9.13. The molecule has 0 unspecified atom stereocenters. The molecule has 0 atom stereocenters. The molecule has 62 heavy (non-hydrogen) atoms. The summed E-state index contributed by atoms with van der Waals surface area (Å²) in [6.07, 6.45) is 25.2. The number of unbranched alkanes of at least 4 members (excludes halogenated alkanes) is 12. The van der Waals surface area contributed by atoms with Crippen LogP contribution >= 0.6 is 0 Å². The standard InChI is InChI=1S/C60H76N2/c1-5-9-13-17-21-49-25-37-55(38-26-49)61(56-39-27-50(28-40-56)22-18-14-10-6-2)59-45-33-53(34-46-59)54-35-47-60(48-36-54)62(57-41-29-51(30-42-57)23-19-15-11-7-3)58-43-31-52(32-44-58)24-20-16-12-8-4/h25-48H,5-24H2,1-4H3. The largest absolute Gasteiger partial charge is 0.311 e. The maximum absolute atomic E-state index is 2.42. The fourth-order valence-corrected chi connectivity index (χ4v) is 8.77. The zero-order valence-corrected chi connectivity index (χ0v) is 38.9. The minimum Gasteiger partial charge on any atom is -0.311 e. The molecule has 0 N–H and O–H groups in total. The second kappa shape index (κ2) is 25.8. The van der Waals surface area contributed by atoms with E-state index in [1.807, 2.05) is 0 Å². The molecular formula is C60H76N2. The van der Waals surface area contributed by atoms with Gasteiger partial charge in [-0.25, -0.2) is 0 Å². The molecule has 0 amide bonds. The van der Waals surface area contributed by atoms with Crippen LogP contribution in [0.2, 0.25) is 0 Å². The molecule has 6 aromatic rings. The highest BCUT2D eigenvalue weighted by atomic mass is 15.1. The zero-order valence-electron chi connectivity index (χ0n) is 38.9. The first-order valence-corrected chi connectivity index (χ1v) is 24.8. The third kappa shape index (κ3) is 14.0. The van der Waals surface area contributed by atoms with Gasteiger partial charge in [0.25, 0.3) is 0 Å². The Hall–Kier alpha value is -5.08. The van der Waals surface area contributed by atoms with Gasteiger partial charge in [-0.05, 0) is 158 Å². The van der Waals surface area contributed by atoms with Crippen molar-refractivity contribution in [3.05, 3.63) is 168 Å². The van der Waals surface area contributed by atoms with Gasteiger partial charge < -0.3 is 9.80 Å². The SMILES string of the molecule is CCCCCCc1ccc(N(c2ccc(CCCCCC)cc2)c2ccc(-c3ccc(N(c4ccc(CCCCCC)cc4)c4ccc(CCCCCC)cc4)cc3)cc2)cc1. The van der Waals surface area contributed by atoms with Crippen molar-refractivity contribution < 1.29 is 0 Å². The van der Waals surface area contributed by atoms with Gasteiger partial charge >= 0.3 is 0 Å². The number of nitrogens with zero attached hydrogens (tertiary/aromatic N) is 2. The molecule has 2 nitrogen and oxygen atoms in total. The first-order chi connectivity index (χ1) is 30.6. The van der Waals surface area contributed by atoms with Gasteiger partial charge in [-0.3, -0.25) is 0 Å². The van der Waals surface area contributed by atoms with Gasteiger partial charge in [-0.1, -0.05) is 178 Å². The molecule has 0 aliphatic heterocycles. The molecule has 6 aromatic carbocycles. The molecule has 0 fully saturated rings. The van der Waals surface area contributed by atoms with E-state index < -0.39 is 0 Å². The van der Waals surface area contributed by atoms with Crippen molar-refractivity contribution in [1.82, 2.24) is 0 Å². The maximum atomic E-state index is 2.42. The smallest absolute Gasteiger partial charge is 0.0462 e. The lowest BCUT2D eigenvalue weighted by molar-refractivity contribution is 0.667. The lowest BCUT2D eigenvalue weighted by Gasteiger charge is -2.27. The third-order valence-corrected chi connectivity index (χ3v) is 12.6. The third-order valence-electron chi connectivity index (χ3n) is 12.6. The minimum absolute atomic E-state index is 1.15. The van der Waals surface area contributed by atoms with Crippen LogP contribution in [0.25, 0.3) is 11.1 Å². The number of benzene rings is 6. The molecule has 0 aliphatic carbocycles. The van der Waals surface area contributed by atoms with Crippen molar-refractivity contribution in [2.75, 3.05) is 9.80 Å².